The zero-order valence-corrected chi connectivity index (χ0v) is 12.4. The van der Waals surface area contributed by atoms with Crippen LogP contribution in [0.1, 0.15) is 32.6 Å². The average Bonchev–Trinajstić information content (AvgIpc) is 3.22. The normalized spacial score (nSPS) is 22.4. The highest BCUT2D eigenvalue weighted by Gasteiger charge is 2.28. The van der Waals surface area contributed by atoms with E-state index in [9.17, 15) is 14.4 Å². The van der Waals surface area contributed by atoms with Gasteiger partial charge in [0.2, 0.25) is 5.91 Å². The zero-order chi connectivity index (χ0) is 15.2. The van der Waals surface area contributed by atoms with E-state index in [1.165, 1.54) is 0 Å². The van der Waals surface area contributed by atoms with Crippen LogP contribution in [0.3, 0.4) is 0 Å². The van der Waals surface area contributed by atoms with Gasteiger partial charge in [0.25, 0.3) is 0 Å². The topological polar surface area (TPSA) is 87.7 Å². The Bertz CT molecular complexity index is 409. The highest BCUT2D eigenvalue weighted by Crippen LogP contribution is 2.18. The molecule has 2 fully saturated rings. The summed E-state index contributed by atoms with van der Waals surface area (Å²) in [4.78, 5) is 36.9. The van der Waals surface area contributed by atoms with E-state index in [1.54, 1.807) is 6.92 Å². The molecule has 1 aliphatic carbocycles. The predicted octanol–water partition coefficient (Wildman–Crippen LogP) is 0.250. The van der Waals surface area contributed by atoms with Gasteiger partial charge in [-0.25, -0.2) is 4.79 Å². The summed E-state index contributed by atoms with van der Waals surface area (Å²) in [5.41, 5.74) is 0. The van der Waals surface area contributed by atoms with Gasteiger partial charge in [-0.1, -0.05) is 0 Å². The number of carbonyl (C=O) groups is 3. The summed E-state index contributed by atoms with van der Waals surface area (Å²) in [6.45, 7) is 3.56. The smallest absolute Gasteiger partial charge is 0.321 e. The number of hydrogen-bond donors (Lipinski definition) is 2. The highest BCUT2D eigenvalue weighted by atomic mass is 16.5. The second-order valence-electron chi connectivity index (χ2n) is 5.62. The van der Waals surface area contributed by atoms with Crippen molar-refractivity contribution in [1.82, 2.24) is 15.5 Å². The summed E-state index contributed by atoms with van der Waals surface area (Å²) in [7, 11) is 0. The number of nitrogens with zero attached hydrogens (tertiary/aromatic N) is 1. The molecule has 0 aromatic rings. The highest BCUT2D eigenvalue weighted by molar-refractivity contribution is 5.95. The molecule has 1 saturated carbocycles. The van der Waals surface area contributed by atoms with E-state index in [1.807, 2.05) is 4.90 Å². The molecule has 2 rings (SSSR count). The number of rotatable bonds is 5. The van der Waals surface area contributed by atoms with Gasteiger partial charge in [0, 0.05) is 12.6 Å². The molecular weight excluding hydrogens is 274 g/mol. The van der Waals surface area contributed by atoms with Crippen LogP contribution in [-0.4, -0.2) is 55.1 Å². The second kappa shape index (κ2) is 7.40. The summed E-state index contributed by atoms with van der Waals surface area (Å²) in [5.74, 6) is -0.710. The number of urea groups is 1. The lowest BCUT2D eigenvalue weighted by Crippen LogP contribution is -2.48. The Balaban J connectivity index is 1.72. The van der Waals surface area contributed by atoms with Crippen molar-refractivity contribution in [3.05, 3.63) is 0 Å². The molecule has 0 radical (unpaired) electrons. The molecule has 1 aliphatic heterocycles. The van der Waals surface area contributed by atoms with E-state index >= 15 is 0 Å². The molecule has 0 aromatic carbocycles. The average molecular weight is 297 g/mol. The maximum Gasteiger partial charge on any atom is 0.321 e. The van der Waals surface area contributed by atoms with Crippen LogP contribution >= 0.6 is 0 Å². The first-order valence-electron chi connectivity index (χ1n) is 7.57. The summed E-state index contributed by atoms with van der Waals surface area (Å²) in [6.07, 6.45) is 3.61. The van der Waals surface area contributed by atoms with Crippen molar-refractivity contribution < 1.29 is 19.1 Å². The van der Waals surface area contributed by atoms with E-state index < -0.39 is 6.03 Å². The number of imide groups is 1. The van der Waals surface area contributed by atoms with Crippen LogP contribution in [-0.2, 0) is 14.3 Å². The van der Waals surface area contributed by atoms with E-state index in [0.717, 1.165) is 32.2 Å². The molecular formula is C14H23N3O4. The van der Waals surface area contributed by atoms with Crippen molar-refractivity contribution in [1.29, 1.82) is 0 Å². The van der Waals surface area contributed by atoms with Crippen molar-refractivity contribution in [3.8, 4) is 0 Å². The minimum atomic E-state index is -0.429. The van der Waals surface area contributed by atoms with Crippen molar-refractivity contribution in [2.75, 3.05) is 26.2 Å². The van der Waals surface area contributed by atoms with E-state index in [0.29, 0.717) is 13.2 Å². The molecule has 21 heavy (non-hydrogen) atoms. The van der Waals surface area contributed by atoms with Crippen molar-refractivity contribution in [2.45, 2.75) is 38.6 Å². The van der Waals surface area contributed by atoms with Gasteiger partial charge >= 0.3 is 12.0 Å². The molecule has 0 bridgehead atoms. The summed E-state index contributed by atoms with van der Waals surface area (Å²) in [6, 6.07) is -0.206. The molecule has 1 atom stereocenters. The van der Waals surface area contributed by atoms with Gasteiger partial charge in [-0.3, -0.25) is 19.8 Å². The fourth-order valence-electron chi connectivity index (χ4n) is 2.47. The molecule has 7 nitrogen and oxygen atoms in total. The van der Waals surface area contributed by atoms with Crippen LogP contribution in [0.2, 0.25) is 0 Å². The summed E-state index contributed by atoms with van der Waals surface area (Å²) in [5, 5.41) is 5.02. The first-order valence-corrected chi connectivity index (χ1v) is 7.57. The van der Waals surface area contributed by atoms with Crippen molar-refractivity contribution in [2.24, 2.45) is 5.92 Å². The van der Waals surface area contributed by atoms with Crippen molar-refractivity contribution in [3.63, 3.8) is 0 Å². The fourth-order valence-corrected chi connectivity index (χ4v) is 2.47. The number of piperidine rings is 1. The Hall–Kier alpha value is -1.63. The SMILES string of the molecule is CCOC(=O)C1CCCN(CC(=O)NC(=O)NC2CC2)C1. The Kier molecular flexibility index (Phi) is 5.55. The molecule has 118 valence electrons. The lowest BCUT2D eigenvalue weighted by molar-refractivity contribution is -0.150. The zero-order valence-electron chi connectivity index (χ0n) is 12.4. The maximum atomic E-state index is 11.8. The molecule has 0 spiro atoms. The number of hydrogen-bond acceptors (Lipinski definition) is 5. The van der Waals surface area contributed by atoms with E-state index in [4.69, 9.17) is 4.74 Å². The Morgan fingerprint density at radius 3 is 2.67 bits per heavy atom. The van der Waals surface area contributed by atoms with Gasteiger partial charge in [0.05, 0.1) is 19.1 Å². The van der Waals surface area contributed by atoms with Gasteiger partial charge in [-0.2, -0.15) is 0 Å². The lowest BCUT2D eigenvalue weighted by atomic mass is 9.98. The van der Waals surface area contributed by atoms with Crippen LogP contribution in [0.4, 0.5) is 4.79 Å². The number of amides is 3. The van der Waals surface area contributed by atoms with E-state index in [2.05, 4.69) is 10.6 Å². The lowest BCUT2D eigenvalue weighted by Gasteiger charge is -2.30. The van der Waals surface area contributed by atoms with Crippen LogP contribution in [0.5, 0.6) is 0 Å². The minimum absolute atomic E-state index is 0.133. The summed E-state index contributed by atoms with van der Waals surface area (Å²) < 4.78 is 5.02. The predicted molar refractivity (Wildman–Crippen MR) is 75.5 cm³/mol. The molecule has 3 amide bonds. The third-order valence-electron chi connectivity index (χ3n) is 3.66. The van der Waals surface area contributed by atoms with Gasteiger partial charge in [0.15, 0.2) is 0 Å². The van der Waals surface area contributed by atoms with Gasteiger partial charge in [-0.05, 0) is 39.2 Å². The minimum Gasteiger partial charge on any atom is -0.466 e. The maximum absolute atomic E-state index is 11.8. The quantitative estimate of drug-likeness (QED) is 0.710. The van der Waals surface area contributed by atoms with Gasteiger partial charge < -0.3 is 10.1 Å². The van der Waals surface area contributed by atoms with Crippen LogP contribution in [0.15, 0.2) is 0 Å². The second-order valence-corrected chi connectivity index (χ2v) is 5.62. The molecule has 0 aromatic heterocycles. The van der Waals surface area contributed by atoms with E-state index in [-0.39, 0.29) is 30.4 Å². The van der Waals surface area contributed by atoms with Gasteiger partial charge in [-0.15, -0.1) is 0 Å². The number of likely N-dealkylation sites (tertiary alicyclic amines) is 1. The van der Waals surface area contributed by atoms with Crippen LogP contribution in [0.25, 0.3) is 0 Å². The number of ether oxygens (including phenoxy) is 1. The van der Waals surface area contributed by atoms with Crippen LogP contribution in [0, 0.1) is 5.92 Å². The first kappa shape index (κ1) is 15.8. The Morgan fingerprint density at radius 1 is 1.24 bits per heavy atom. The molecule has 2 N–H and O–H groups in total. The molecule has 2 aliphatic rings. The third-order valence-corrected chi connectivity index (χ3v) is 3.66. The standard InChI is InChI=1S/C14H23N3O4/c1-2-21-13(19)10-4-3-7-17(8-10)9-12(18)16-14(20)15-11-5-6-11/h10-11H,2-9H2,1H3,(H2,15,16,18,20). The fraction of sp³-hybridized carbons (Fsp3) is 0.786. The molecule has 1 heterocycles. The number of carbonyl (C=O) groups excluding carboxylic acids is 3. The first-order chi connectivity index (χ1) is 10.1. The Morgan fingerprint density at radius 2 is 2.00 bits per heavy atom. The monoisotopic (exact) mass is 297 g/mol. The van der Waals surface area contributed by atoms with Crippen LogP contribution < -0.4 is 10.6 Å². The summed E-state index contributed by atoms with van der Waals surface area (Å²) >= 11 is 0. The Labute approximate surface area is 124 Å². The van der Waals surface area contributed by atoms with Crippen molar-refractivity contribution >= 4 is 17.9 Å². The van der Waals surface area contributed by atoms with Gasteiger partial charge in [0.1, 0.15) is 0 Å². The molecule has 7 heteroatoms. The number of esters is 1. The molecule has 1 unspecified atom stereocenters. The number of nitrogens with one attached hydrogen (secondary N) is 2. The molecule has 1 saturated heterocycles. The largest absolute Gasteiger partial charge is 0.466 e. The third kappa shape index (κ3) is 5.34.